The van der Waals surface area contributed by atoms with Crippen molar-refractivity contribution >= 4 is 0 Å². The maximum absolute atomic E-state index is 13.0. The SMILES string of the molecule is FC(F)(F)c1cc(COCCCC2(c3ccccc3)CCCNCC2)cc(C(F)(F)F)c1. The first-order valence-corrected chi connectivity index (χ1v) is 10.7. The standard InChI is InChI=1S/C24H27F6NO/c25-23(26,27)20-14-18(15-21(16-20)24(28,29)30)17-32-13-5-9-22(8-4-11-31-12-10-22)19-6-2-1-3-7-19/h1-3,6-7,14-16,31H,4-5,8-13,17H2. The molecule has 2 aromatic carbocycles. The van der Waals surface area contributed by atoms with Crippen LogP contribution in [0, 0.1) is 0 Å². The summed E-state index contributed by atoms with van der Waals surface area (Å²) >= 11 is 0. The molecule has 2 aromatic rings. The molecule has 0 saturated carbocycles. The Labute approximate surface area is 184 Å². The summed E-state index contributed by atoms with van der Waals surface area (Å²) in [4.78, 5) is 0. The quantitative estimate of drug-likeness (QED) is 0.366. The van der Waals surface area contributed by atoms with Crippen molar-refractivity contribution in [1.82, 2.24) is 5.32 Å². The highest BCUT2D eigenvalue weighted by Crippen LogP contribution is 2.39. The fourth-order valence-electron chi connectivity index (χ4n) is 4.41. The van der Waals surface area contributed by atoms with Crippen molar-refractivity contribution in [3.05, 3.63) is 70.8 Å². The molecule has 176 valence electrons. The smallest absolute Gasteiger partial charge is 0.377 e. The molecule has 1 fully saturated rings. The minimum atomic E-state index is -4.86. The molecule has 0 spiro atoms. The third-order valence-corrected chi connectivity index (χ3v) is 6.04. The topological polar surface area (TPSA) is 21.3 Å². The number of ether oxygens (including phenoxy) is 1. The van der Waals surface area contributed by atoms with Crippen molar-refractivity contribution in [3.63, 3.8) is 0 Å². The second-order valence-electron chi connectivity index (χ2n) is 8.32. The van der Waals surface area contributed by atoms with Crippen LogP contribution >= 0.6 is 0 Å². The van der Waals surface area contributed by atoms with Gasteiger partial charge in [0.05, 0.1) is 17.7 Å². The molecule has 1 aliphatic rings. The second-order valence-corrected chi connectivity index (χ2v) is 8.32. The van der Waals surface area contributed by atoms with E-state index in [2.05, 4.69) is 17.4 Å². The van der Waals surface area contributed by atoms with Crippen LogP contribution in [0.25, 0.3) is 0 Å². The Morgan fingerprint density at radius 3 is 2.12 bits per heavy atom. The summed E-state index contributed by atoms with van der Waals surface area (Å²) in [5.74, 6) is 0. The van der Waals surface area contributed by atoms with E-state index in [4.69, 9.17) is 4.74 Å². The number of hydrogen-bond acceptors (Lipinski definition) is 2. The highest BCUT2D eigenvalue weighted by atomic mass is 19.4. The molecular weight excluding hydrogens is 432 g/mol. The lowest BCUT2D eigenvalue weighted by Gasteiger charge is -2.33. The Balaban J connectivity index is 1.63. The van der Waals surface area contributed by atoms with Gasteiger partial charge in [-0.05, 0) is 79.9 Å². The van der Waals surface area contributed by atoms with Gasteiger partial charge in [0, 0.05) is 6.61 Å². The Morgan fingerprint density at radius 1 is 0.844 bits per heavy atom. The van der Waals surface area contributed by atoms with Crippen molar-refractivity contribution in [3.8, 4) is 0 Å². The van der Waals surface area contributed by atoms with E-state index in [-0.39, 0.29) is 30.3 Å². The highest BCUT2D eigenvalue weighted by molar-refractivity contribution is 5.33. The molecule has 0 amide bonds. The minimum absolute atomic E-state index is 0.00618. The van der Waals surface area contributed by atoms with Gasteiger partial charge < -0.3 is 10.1 Å². The Kier molecular flexibility index (Phi) is 7.88. The zero-order valence-corrected chi connectivity index (χ0v) is 17.7. The minimum Gasteiger partial charge on any atom is -0.377 e. The second kappa shape index (κ2) is 10.3. The maximum atomic E-state index is 13.0. The fraction of sp³-hybridized carbons (Fsp3) is 0.500. The summed E-state index contributed by atoms with van der Waals surface area (Å²) in [6.07, 6.45) is -5.17. The molecule has 1 aliphatic heterocycles. The van der Waals surface area contributed by atoms with E-state index in [9.17, 15) is 26.3 Å². The van der Waals surface area contributed by atoms with Crippen molar-refractivity contribution < 1.29 is 31.1 Å². The first-order valence-electron chi connectivity index (χ1n) is 10.7. The third-order valence-electron chi connectivity index (χ3n) is 6.04. The largest absolute Gasteiger partial charge is 0.416 e. The number of alkyl halides is 6. The monoisotopic (exact) mass is 459 g/mol. The van der Waals surface area contributed by atoms with Gasteiger partial charge in [0.25, 0.3) is 0 Å². The van der Waals surface area contributed by atoms with Crippen molar-refractivity contribution in [2.45, 2.75) is 56.5 Å². The lowest BCUT2D eigenvalue weighted by atomic mass is 9.71. The molecule has 0 aliphatic carbocycles. The van der Waals surface area contributed by atoms with Crippen molar-refractivity contribution in [2.75, 3.05) is 19.7 Å². The van der Waals surface area contributed by atoms with Crippen molar-refractivity contribution in [2.24, 2.45) is 0 Å². The molecule has 0 radical (unpaired) electrons. The van der Waals surface area contributed by atoms with Crippen LogP contribution in [0.1, 0.15) is 54.4 Å². The van der Waals surface area contributed by atoms with E-state index in [1.54, 1.807) is 0 Å². The van der Waals surface area contributed by atoms with Crippen LogP contribution in [0.5, 0.6) is 0 Å². The lowest BCUT2D eigenvalue weighted by Crippen LogP contribution is -2.28. The zero-order valence-electron chi connectivity index (χ0n) is 17.7. The Bertz CT molecular complexity index is 823. The van der Waals surface area contributed by atoms with Gasteiger partial charge in [-0.2, -0.15) is 26.3 Å². The summed E-state index contributed by atoms with van der Waals surface area (Å²) in [7, 11) is 0. The summed E-state index contributed by atoms with van der Waals surface area (Å²) in [5, 5.41) is 3.41. The van der Waals surface area contributed by atoms with Gasteiger partial charge in [-0.15, -0.1) is 0 Å². The molecule has 1 saturated heterocycles. The van der Waals surface area contributed by atoms with Crippen LogP contribution < -0.4 is 5.32 Å². The van der Waals surface area contributed by atoms with Gasteiger partial charge in [-0.1, -0.05) is 30.3 Å². The van der Waals surface area contributed by atoms with Crippen LogP contribution in [0.4, 0.5) is 26.3 Å². The van der Waals surface area contributed by atoms with Gasteiger partial charge in [-0.3, -0.25) is 0 Å². The van der Waals surface area contributed by atoms with E-state index in [1.165, 1.54) is 5.56 Å². The van der Waals surface area contributed by atoms with Crippen LogP contribution in [0.15, 0.2) is 48.5 Å². The molecule has 1 unspecified atom stereocenters. The molecular formula is C24H27F6NO. The molecule has 2 nitrogen and oxygen atoms in total. The fourth-order valence-corrected chi connectivity index (χ4v) is 4.41. The van der Waals surface area contributed by atoms with E-state index in [0.717, 1.165) is 50.9 Å². The van der Waals surface area contributed by atoms with E-state index < -0.39 is 23.5 Å². The van der Waals surface area contributed by atoms with Crippen LogP contribution in [0.3, 0.4) is 0 Å². The van der Waals surface area contributed by atoms with Crippen LogP contribution in [-0.2, 0) is 29.1 Å². The summed E-state index contributed by atoms with van der Waals surface area (Å²) in [5.41, 5.74) is -1.52. The van der Waals surface area contributed by atoms with Gasteiger partial charge in [-0.25, -0.2) is 0 Å². The van der Waals surface area contributed by atoms with Crippen LogP contribution in [0.2, 0.25) is 0 Å². The molecule has 32 heavy (non-hydrogen) atoms. The molecule has 0 aromatic heterocycles. The molecule has 0 bridgehead atoms. The highest BCUT2D eigenvalue weighted by Gasteiger charge is 2.37. The van der Waals surface area contributed by atoms with E-state index in [1.807, 2.05) is 18.2 Å². The molecule has 1 atom stereocenters. The molecule has 3 rings (SSSR count). The average molecular weight is 459 g/mol. The van der Waals surface area contributed by atoms with Crippen LogP contribution in [-0.4, -0.2) is 19.7 Å². The number of hydrogen-bond donors (Lipinski definition) is 1. The summed E-state index contributed by atoms with van der Waals surface area (Å²) in [6, 6.07) is 11.8. The lowest BCUT2D eigenvalue weighted by molar-refractivity contribution is -0.143. The van der Waals surface area contributed by atoms with E-state index in [0.29, 0.717) is 6.42 Å². The Morgan fingerprint density at radius 2 is 1.50 bits per heavy atom. The van der Waals surface area contributed by atoms with Gasteiger partial charge in [0.2, 0.25) is 0 Å². The number of nitrogens with one attached hydrogen (secondary N) is 1. The Hall–Kier alpha value is -2.06. The summed E-state index contributed by atoms with van der Waals surface area (Å²) < 4.78 is 83.6. The number of rotatable bonds is 7. The normalized spacial score (nSPS) is 20.2. The van der Waals surface area contributed by atoms with Gasteiger partial charge in [0.15, 0.2) is 0 Å². The average Bonchev–Trinajstić information content (AvgIpc) is 2.99. The van der Waals surface area contributed by atoms with E-state index >= 15 is 0 Å². The predicted octanol–water partition coefficient (Wildman–Crippen LogP) is 6.73. The third kappa shape index (κ3) is 6.48. The summed E-state index contributed by atoms with van der Waals surface area (Å²) in [6.45, 7) is 1.83. The molecule has 1 N–H and O–H groups in total. The van der Waals surface area contributed by atoms with Crippen molar-refractivity contribution in [1.29, 1.82) is 0 Å². The first-order chi connectivity index (χ1) is 15.1. The zero-order chi connectivity index (χ0) is 23.2. The number of halogens is 6. The van der Waals surface area contributed by atoms with Gasteiger partial charge >= 0.3 is 12.4 Å². The maximum Gasteiger partial charge on any atom is 0.416 e. The first kappa shape index (κ1) is 24.6. The molecule has 8 heteroatoms. The predicted molar refractivity (Wildman–Crippen MR) is 110 cm³/mol. The number of benzene rings is 2. The van der Waals surface area contributed by atoms with Gasteiger partial charge in [0.1, 0.15) is 0 Å². The molecule has 1 heterocycles.